The van der Waals surface area contributed by atoms with Crippen molar-refractivity contribution < 1.29 is 9.90 Å². The molecule has 1 amide bonds. The van der Waals surface area contributed by atoms with Gasteiger partial charge in [0.1, 0.15) is 5.75 Å². The normalized spacial score (nSPS) is 26.6. The number of aryl methyl sites for hydroxylation is 1. The van der Waals surface area contributed by atoms with Gasteiger partial charge in [-0.3, -0.25) is 9.69 Å². The number of nitrogens with one attached hydrogen (secondary N) is 1. The summed E-state index contributed by atoms with van der Waals surface area (Å²) in [6.07, 6.45) is 6.93. The van der Waals surface area contributed by atoms with E-state index in [0.29, 0.717) is 24.1 Å². The number of nitrogens with zero attached hydrogens (tertiary/aromatic N) is 2. The molecule has 0 aromatic heterocycles. The third kappa shape index (κ3) is 5.90. The summed E-state index contributed by atoms with van der Waals surface area (Å²) in [6.45, 7) is 5.34. The van der Waals surface area contributed by atoms with Gasteiger partial charge in [0.2, 0.25) is 5.91 Å². The molecule has 5 nitrogen and oxygen atoms in total. The molecule has 1 aliphatic carbocycles. The van der Waals surface area contributed by atoms with Crippen molar-refractivity contribution >= 4 is 5.91 Å². The Bertz CT molecular complexity index is 963. The van der Waals surface area contributed by atoms with Gasteiger partial charge in [-0.25, -0.2) is 0 Å². The molecule has 35 heavy (non-hydrogen) atoms. The van der Waals surface area contributed by atoms with Crippen molar-refractivity contribution in [3.8, 4) is 5.75 Å². The lowest BCUT2D eigenvalue weighted by Crippen LogP contribution is -2.70. The minimum absolute atomic E-state index is 0.0605. The van der Waals surface area contributed by atoms with Gasteiger partial charge < -0.3 is 15.3 Å². The number of piperidine rings is 1. The van der Waals surface area contributed by atoms with E-state index >= 15 is 0 Å². The third-order valence-electron chi connectivity index (χ3n) is 8.35. The molecule has 4 rings (SSSR count). The Kier molecular flexibility index (Phi) is 8.51. The number of carbonyl (C=O) groups excluding carboxylic acids is 1. The van der Waals surface area contributed by atoms with E-state index in [1.807, 2.05) is 12.1 Å². The molecule has 2 bridgehead atoms. The highest BCUT2D eigenvalue weighted by Crippen LogP contribution is 2.50. The summed E-state index contributed by atoms with van der Waals surface area (Å²) in [7, 11) is 4.10. The molecule has 2 aromatic rings. The number of likely N-dealkylation sites (tertiary alicyclic amines) is 1. The van der Waals surface area contributed by atoms with Crippen molar-refractivity contribution in [1.82, 2.24) is 15.1 Å². The zero-order valence-corrected chi connectivity index (χ0v) is 21.7. The van der Waals surface area contributed by atoms with Gasteiger partial charge in [0, 0.05) is 24.4 Å². The fourth-order valence-corrected chi connectivity index (χ4v) is 6.68. The molecule has 1 saturated heterocycles. The SMILES string of the molecule is CC1CN(CCCc2ccccc2)C2CCCC1(c1cccc(O)c1)[C@H]2NC(=O)CCCN(C)C. The number of phenolic OH excluding ortho intramolecular Hbond substituents is 1. The molecular weight excluding hydrogens is 434 g/mol. The van der Waals surface area contributed by atoms with Crippen LogP contribution in [0, 0.1) is 5.92 Å². The van der Waals surface area contributed by atoms with E-state index in [9.17, 15) is 9.90 Å². The van der Waals surface area contributed by atoms with Crippen LogP contribution in [0.5, 0.6) is 5.75 Å². The number of carbonyl (C=O) groups is 1. The van der Waals surface area contributed by atoms with Gasteiger partial charge in [0.05, 0.1) is 6.04 Å². The largest absolute Gasteiger partial charge is 0.508 e. The monoisotopic (exact) mass is 477 g/mol. The van der Waals surface area contributed by atoms with Crippen LogP contribution in [0.4, 0.5) is 0 Å². The molecule has 0 radical (unpaired) electrons. The van der Waals surface area contributed by atoms with Gasteiger partial charge in [0.15, 0.2) is 0 Å². The molecule has 2 aliphatic rings. The maximum absolute atomic E-state index is 13.2. The second-order valence-corrected chi connectivity index (χ2v) is 11.0. The second-order valence-electron chi connectivity index (χ2n) is 11.0. The number of rotatable bonds is 10. The van der Waals surface area contributed by atoms with Crippen molar-refractivity contribution in [3.05, 3.63) is 65.7 Å². The van der Waals surface area contributed by atoms with Gasteiger partial charge in [-0.15, -0.1) is 0 Å². The first kappa shape index (κ1) is 25.7. The lowest BCUT2D eigenvalue weighted by Gasteiger charge is -2.60. The van der Waals surface area contributed by atoms with Crippen molar-refractivity contribution in [2.24, 2.45) is 5.92 Å². The first-order valence-corrected chi connectivity index (χ1v) is 13.4. The van der Waals surface area contributed by atoms with Crippen LogP contribution in [0.15, 0.2) is 54.6 Å². The van der Waals surface area contributed by atoms with Crippen LogP contribution >= 0.6 is 0 Å². The predicted octanol–water partition coefficient (Wildman–Crippen LogP) is 4.59. The van der Waals surface area contributed by atoms with E-state index in [2.05, 4.69) is 72.5 Å². The lowest BCUT2D eigenvalue weighted by atomic mass is 9.55. The molecule has 2 fully saturated rings. The van der Waals surface area contributed by atoms with Crippen molar-refractivity contribution in [2.45, 2.75) is 69.4 Å². The second kappa shape index (κ2) is 11.6. The molecule has 0 spiro atoms. The van der Waals surface area contributed by atoms with Gasteiger partial charge in [-0.1, -0.05) is 55.8 Å². The average molecular weight is 478 g/mol. The number of benzene rings is 2. The Hall–Kier alpha value is -2.37. The Morgan fingerprint density at radius 1 is 1.14 bits per heavy atom. The smallest absolute Gasteiger partial charge is 0.220 e. The zero-order chi connectivity index (χ0) is 24.8. The average Bonchev–Trinajstić information content (AvgIpc) is 2.83. The van der Waals surface area contributed by atoms with Gasteiger partial charge in [0.25, 0.3) is 0 Å². The summed E-state index contributed by atoms with van der Waals surface area (Å²) in [6, 6.07) is 18.9. The summed E-state index contributed by atoms with van der Waals surface area (Å²) in [5.41, 5.74) is 2.42. The summed E-state index contributed by atoms with van der Waals surface area (Å²) in [5, 5.41) is 13.9. The Labute approximate surface area is 211 Å². The van der Waals surface area contributed by atoms with E-state index in [0.717, 1.165) is 58.2 Å². The van der Waals surface area contributed by atoms with Gasteiger partial charge >= 0.3 is 0 Å². The van der Waals surface area contributed by atoms with Crippen LogP contribution in [-0.2, 0) is 16.6 Å². The molecular formula is C30H43N3O2. The number of amides is 1. The maximum Gasteiger partial charge on any atom is 0.220 e. The first-order valence-electron chi connectivity index (χ1n) is 13.4. The van der Waals surface area contributed by atoms with Gasteiger partial charge in [-0.05, 0) is 88.5 Å². The van der Waals surface area contributed by atoms with E-state index in [-0.39, 0.29) is 17.4 Å². The highest BCUT2D eigenvalue weighted by Gasteiger charge is 2.55. The van der Waals surface area contributed by atoms with Crippen LogP contribution in [0.2, 0.25) is 0 Å². The lowest BCUT2D eigenvalue weighted by molar-refractivity contribution is -0.125. The fraction of sp³-hybridized carbons (Fsp3) is 0.567. The topological polar surface area (TPSA) is 55.8 Å². The summed E-state index contributed by atoms with van der Waals surface area (Å²) >= 11 is 0. The number of hydrogen-bond acceptors (Lipinski definition) is 4. The number of aromatic hydroxyl groups is 1. The molecule has 4 atom stereocenters. The minimum Gasteiger partial charge on any atom is -0.508 e. The first-order chi connectivity index (χ1) is 16.9. The number of phenols is 1. The molecule has 1 aliphatic heterocycles. The van der Waals surface area contributed by atoms with Crippen LogP contribution in [-0.4, -0.2) is 66.6 Å². The fourth-order valence-electron chi connectivity index (χ4n) is 6.68. The van der Waals surface area contributed by atoms with Crippen LogP contribution in [0.3, 0.4) is 0 Å². The Balaban J connectivity index is 1.55. The molecule has 3 unspecified atom stereocenters. The van der Waals surface area contributed by atoms with Crippen molar-refractivity contribution in [1.29, 1.82) is 0 Å². The Morgan fingerprint density at radius 2 is 1.94 bits per heavy atom. The van der Waals surface area contributed by atoms with E-state index in [1.165, 1.54) is 11.1 Å². The van der Waals surface area contributed by atoms with Crippen LogP contribution < -0.4 is 5.32 Å². The molecule has 2 aromatic carbocycles. The highest BCUT2D eigenvalue weighted by atomic mass is 16.3. The van der Waals surface area contributed by atoms with Crippen molar-refractivity contribution in [2.75, 3.05) is 33.7 Å². The molecule has 2 N–H and O–H groups in total. The Morgan fingerprint density at radius 3 is 2.69 bits per heavy atom. The molecule has 5 heteroatoms. The van der Waals surface area contributed by atoms with Gasteiger partial charge in [-0.2, -0.15) is 0 Å². The van der Waals surface area contributed by atoms with Crippen molar-refractivity contribution in [3.63, 3.8) is 0 Å². The van der Waals surface area contributed by atoms with E-state index < -0.39 is 0 Å². The quantitative estimate of drug-likeness (QED) is 0.525. The maximum atomic E-state index is 13.2. The number of hydrogen-bond donors (Lipinski definition) is 2. The summed E-state index contributed by atoms with van der Waals surface area (Å²) in [5.74, 6) is 0.851. The van der Waals surface area contributed by atoms with Crippen LogP contribution in [0.1, 0.15) is 56.6 Å². The standard InChI is InChI=1S/C30H43N3O2/c1-23-22-33(20-9-13-24-11-5-4-6-12-24)27-16-8-18-30(23,25-14-7-15-26(34)21-25)29(27)31-28(35)17-10-19-32(2)3/h4-7,11-12,14-15,21,23,27,29,34H,8-10,13,16-20,22H2,1-3H3,(H,31,35)/t23?,27?,29-,30?/m0/s1. The van der Waals surface area contributed by atoms with Crippen LogP contribution in [0.25, 0.3) is 0 Å². The predicted molar refractivity (Wildman–Crippen MR) is 143 cm³/mol. The van der Waals surface area contributed by atoms with E-state index in [4.69, 9.17) is 0 Å². The molecule has 1 saturated carbocycles. The highest BCUT2D eigenvalue weighted by molar-refractivity contribution is 5.76. The number of fused-ring (bicyclic) bond motifs is 2. The molecule has 1 heterocycles. The zero-order valence-electron chi connectivity index (χ0n) is 21.7. The summed E-state index contributed by atoms with van der Waals surface area (Å²) in [4.78, 5) is 18.0. The third-order valence-corrected chi connectivity index (χ3v) is 8.35. The minimum atomic E-state index is -0.144. The van der Waals surface area contributed by atoms with E-state index in [1.54, 1.807) is 6.07 Å². The summed E-state index contributed by atoms with van der Waals surface area (Å²) < 4.78 is 0. The molecule has 190 valence electrons.